The third kappa shape index (κ3) is 23.6. The summed E-state index contributed by atoms with van der Waals surface area (Å²) in [5.41, 5.74) is 4.02. The van der Waals surface area contributed by atoms with Gasteiger partial charge in [0.05, 0.1) is 37.4 Å². The Bertz CT molecular complexity index is 791. The molecule has 0 aliphatic carbocycles. The molecule has 15 nitrogen and oxygen atoms in total. The maximum atomic E-state index is 10.9. The highest BCUT2D eigenvalue weighted by Gasteiger charge is 2.40. The van der Waals surface area contributed by atoms with Crippen molar-refractivity contribution in [3.63, 3.8) is 0 Å². The number of hydrogen-bond acceptors (Lipinski definition) is 13. The van der Waals surface area contributed by atoms with Gasteiger partial charge in [-0.15, -0.1) is 0 Å². The van der Waals surface area contributed by atoms with Crippen LogP contribution in [0.25, 0.3) is 0 Å². The van der Waals surface area contributed by atoms with Gasteiger partial charge < -0.3 is 70.3 Å². The number of carbonyl (C=O) groups is 2. The van der Waals surface area contributed by atoms with Crippen LogP contribution in [0.5, 0.6) is 0 Å². The molecule has 0 bridgehead atoms. The van der Waals surface area contributed by atoms with Crippen LogP contribution in [0, 0.1) is 0 Å². The minimum Gasteiger partial charge on any atom is -0.550 e. The fourth-order valence-electron chi connectivity index (χ4n) is 4.95. The van der Waals surface area contributed by atoms with E-state index in [-0.39, 0.29) is 31.6 Å². The largest absolute Gasteiger partial charge is 0.550 e. The number of carbonyl (C=O) groups excluding carboxylic acids is 1. The van der Waals surface area contributed by atoms with Crippen molar-refractivity contribution in [2.45, 2.75) is 191 Å². The first-order valence-corrected chi connectivity index (χ1v) is 17.8. The van der Waals surface area contributed by atoms with Crippen molar-refractivity contribution >= 4 is 11.9 Å². The van der Waals surface area contributed by atoms with E-state index in [0.717, 1.165) is 64.2 Å². The van der Waals surface area contributed by atoms with E-state index in [1.165, 1.54) is 0 Å². The first kappa shape index (κ1) is 47.5. The summed E-state index contributed by atoms with van der Waals surface area (Å²) in [6.07, 6.45) is -0.367. The first-order valence-electron chi connectivity index (χ1n) is 17.8. The van der Waals surface area contributed by atoms with Gasteiger partial charge in [-0.2, -0.15) is 0 Å². The van der Waals surface area contributed by atoms with Gasteiger partial charge in [0.2, 0.25) is 0 Å². The minimum absolute atomic E-state index is 0.154. The van der Waals surface area contributed by atoms with Gasteiger partial charge in [0.25, 0.3) is 0 Å². The number of carboxylic acids is 2. The van der Waals surface area contributed by atoms with Crippen molar-refractivity contribution < 1.29 is 75.1 Å². The normalized spacial score (nSPS) is 28.3. The van der Waals surface area contributed by atoms with Crippen molar-refractivity contribution in [1.29, 1.82) is 0 Å². The van der Waals surface area contributed by atoms with E-state index in [2.05, 4.69) is 40.4 Å². The van der Waals surface area contributed by atoms with Gasteiger partial charge in [-0.05, 0) is 33.6 Å². The lowest BCUT2D eigenvalue weighted by molar-refractivity contribution is -0.458. The maximum Gasteiger partial charge on any atom is 0.305 e. The zero-order chi connectivity index (χ0) is 37.6. The number of unbranched alkanes of at least 4 members (excludes halogenated alkanes) is 8. The topological polar surface area (TPSA) is 263 Å². The molecule has 292 valence electrons. The second kappa shape index (κ2) is 26.3. The Morgan fingerprint density at radius 3 is 1.37 bits per heavy atom. The van der Waals surface area contributed by atoms with Gasteiger partial charge in [0.15, 0.2) is 12.6 Å². The summed E-state index contributed by atoms with van der Waals surface area (Å²) in [6.45, 7) is 10.1. The zero-order valence-electron chi connectivity index (χ0n) is 30.3. The molecule has 10 unspecified atom stereocenters. The van der Waals surface area contributed by atoms with E-state index in [1.807, 2.05) is 0 Å². The summed E-state index contributed by atoms with van der Waals surface area (Å²) in [6, 6.07) is 0. The van der Waals surface area contributed by atoms with Crippen molar-refractivity contribution in [1.82, 2.24) is 0 Å². The minimum atomic E-state index is -1.41. The Morgan fingerprint density at radius 1 is 0.694 bits per heavy atom. The average molecular weight is 714 g/mol. The second-order valence-corrected chi connectivity index (χ2v) is 14.2. The predicted octanol–water partition coefficient (Wildman–Crippen LogP) is -0.0163. The van der Waals surface area contributed by atoms with Gasteiger partial charge in [-0.1, -0.05) is 78.1 Å². The Labute approximate surface area is 291 Å². The molecule has 0 aromatic rings. The van der Waals surface area contributed by atoms with Crippen LogP contribution in [0.15, 0.2) is 0 Å². The van der Waals surface area contributed by atoms with Crippen molar-refractivity contribution in [2.24, 2.45) is 0 Å². The molecule has 0 saturated carbocycles. The number of hydrogen-bond donors (Lipinski definition) is 8. The van der Waals surface area contributed by atoms with Crippen LogP contribution in [-0.4, -0.2) is 128 Å². The van der Waals surface area contributed by atoms with Crippen LogP contribution in [0.3, 0.4) is 0 Å². The Balaban J connectivity index is 0.000000826. The maximum absolute atomic E-state index is 10.9. The smallest absolute Gasteiger partial charge is 0.305 e. The molecule has 0 aromatic carbocycles. The standard InChI is InChI=1S/2C15H28O7.C4H11N/c2*1-2-3-4-5-6-7-10(8-12(17)18)22-15-14(20)13(19)11(16)9-21-15;1-4(2,3)5/h2*10-11,13-16,19-20H,2-9H2,1H3,(H,17,18);5H2,1-3H3. The number of ether oxygens (including phenoxy) is 4. The van der Waals surface area contributed by atoms with Crippen LogP contribution in [0.4, 0.5) is 0 Å². The summed E-state index contributed by atoms with van der Waals surface area (Å²) in [7, 11) is 0. The lowest BCUT2D eigenvalue weighted by atomic mass is 10.0. The van der Waals surface area contributed by atoms with E-state index >= 15 is 0 Å². The summed E-state index contributed by atoms with van der Waals surface area (Å²) in [5, 5.41) is 77.3. The highest BCUT2D eigenvalue weighted by atomic mass is 16.7. The molecule has 2 saturated heterocycles. The molecule has 0 radical (unpaired) electrons. The molecule has 0 amide bonds. The molecule has 2 fully saturated rings. The Hall–Kier alpha value is -1.50. The molecule has 10 N–H and O–H groups in total. The quantitative estimate of drug-likeness (QED) is 0.0772. The number of quaternary nitrogens is 1. The fourth-order valence-corrected chi connectivity index (χ4v) is 4.95. The van der Waals surface area contributed by atoms with Crippen LogP contribution < -0.4 is 10.8 Å². The van der Waals surface area contributed by atoms with Crippen LogP contribution >= 0.6 is 0 Å². The zero-order valence-corrected chi connectivity index (χ0v) is 30.3. The van der Waals surface area contributed by atoms with E-state index in [4.69, 9.17) is 24.1 Å². The van der Waals surface area contributed by atoms with Gasteiger partial charge in [-0.3, -0.25) is 4.79 Å². The highest BCUT2D eigenvalue weighted by molar-refractivity contribution is 5.67. The predicted molar refractivity (Wildman–Crippen MR) is 177 cm³/mol. The third-order valence-electron chi connectivity index (χ3n) is 7.62. The lowest BCUT2D eigenvalue weighted by Gasteiger charge is -2.36. The molecule has 2 aliphatic rings. The average Bonchev–Trinajstić information content (AvgIpc) is 3.00. The molecule has 2 heterocycles. The number of aliphatic hydroxyl groups is 6. The molecule has 0 aromatic heterocycles. The van der Waals surface area contributed by atoms with Gasteiger partial charge in [0, 0.05) is 12.4 Å². The molecular weight excluding hydrogens is 646 g/mol. The van der Waals surface area contributed by atoms with E-state index < -0.39 is 73.4 Å². The molecule has 2 rings (SSSR count). The van der Waals surface area contributed by atoms with Crippen LogP contribution in [0.1, 0.15) is 125 Å². The van der Waals surface area contributed by atoms with E-state index in [1.54, 1.807) is 0 Å². The molecule has 15 heteroatoms. The summed E-state index contributed by atoms with van der Waals surface area (Å²) in [5.74, 6) is -2.21. The number of rotatable bonds is 20. The van der Waals surface area contributed by atoms with Crippen LogP contribution in [-0.2, 0) is 28.5 Å². The number of aliphatic hydroxyl groups excluding tert-OH is 6. The van der Waals surface area contributed by atoms with Crippen LogP contribution in [0.2, 0.25) is 0 Å². The van der Waals surface area contributed by atoms with Gasteiger partial charge in [0.1, 0.15) is 36.6 Å². The summed E-state index contributed by atoms with van der Waals surface area (Å²) >= 11 is 0. The number of carboxylic acid groups (broad SMARTS) is 2. The Kier molecular flexibility index (Phi) is 25.5. The van der Waals surface area contributed by atoms with Gasteiger partial charge in [-0.25, -0.2) is 0 Å². The third-order valence-corrected chi connectivity index (χ3v) is 7.62. The molecule has 49 heavy (non-hydrogen) atoms. The van der Waals surface area contributed by atoms with Gasteiger partial charge >= 0.3 is 5.97 Å². The lowest BCUT2D eigenvalue weighted by Crippen LogP contribution is -2.67. The molecule has 10 atom stereocenters. The second-order valence-electron chi connectivity index (χ2n) is 14.2. The van der Waals surface area contributed by atoms with Crippen molar-refractivity contribution in [3.8, 4) is 0 Å². The van der Waals surface area contributed by atoms with E-state index in [0.29, 0.717) is 12.8 Å². The monoisotopic (exact) mass is 713 g/mol. The molecule has 2 aliphatic heterocycles. The highest BCUT2D eigenvalue weighted by Crippen LogP contribution is 2.23. The van der Waals surface area contributed by atoms with E-state index in [9.17, 15) is 45.3 Å². The fraction of sp³-hybridized carbons (Fsp3) is 0.941. The molecule has 0 spiro atoms. The van der Waals surface area contributed by atoms with Crippen molar-refractivity contribution in [2.75, 3.05) is 13.2 Å². The molecular formula is C34H67NO14. The first-order chi connectivity index (χ1) is 22.9. The SMILES string of the molecule is CC(C)(C)[NH3+].CCCCCCCC(CC(=O)O)OC1OCC(O)C(O)C1O.CCCCCCCC(CC(=O)[O-])OC1OCC(O)C(O)C1O. The summed E-state index contributed by atoms with van der Waals surface area (Å²) in [4.78, 5) is 21.7. The number of aliphatic carboxylic acids is 2. The van der Waals surface area contributed by atoms with Crippen molar-refractivity contribution in [3.05, 3.63) is 0 Å². The Morgan fingerprint density at radius 2 is 1.04 bits per heavy atom. The summed E-state index contributed by atoms with van der Waals surface area (Å²) < 4.78 is 21.3.